The van der Waals surface area contributed by atoms with Gasteiger partial charge in [0.1, 0.15) is 12.4 Å². The quantitative estimate of drug-likeness (QED) is 0.787. The predicted octanol–water partition coefficient (Wildman–Crippen LogP) is 1.52. The van der Waals surface area contributed by atoms with E-state index >= 15 is 0 Å². The molecular formula is C16H14FN5O2. The van der Waals surface area contributed by atoms with Crippen LogP contribution >= 0.6 is 0 Å². The van der Waals surface area contributed by atoms with Crippen LogP contribution in [0.15, 0.2) is 53.3 Å². The van der Waals surface area contributed by atoms with Crippen molar-refractivity contribution in [1.82, 2.24) is 19.8 Å². The molecule has 122 valence electrons. The molecule has 0 aliphatic carbocycles. The van der Waals surface area contributed by atoms with E-state index in [1.54, 1.807) is 37.3 Å². The third kappa shape index (κ3) is 3.22. The summed E-state index contributed by atoms with van der Waals surface area (Å²) in [5, 5.41) is 9.82. The number of aryl methyl sites for hydroxylation is 1. The van der Waals surface area contributed by atoms with Crippen LogP contribution in [0.1, 0.15) is 5.56 Å². The van der Waals surface area contributed by atoms with Crippen LogP contribution in [0, 0.1) is 12.7 Å². The van der Waals surface area contributed by atoms with Crippen LogP contribution in [-0.4, -0.2) is 25.7 Å². The minimum atomic E-state index is -0.569. The van der Waals surface area contributed by atoms with Crippen molar-refractivity contribution < 1.29 is 9.18 Å². The fourth-order valence-corrected chi connectivity index (χ4v) is 2.15. The SMILES string of the molecule is Cc1ccc(NC(=O)Cn2nnn(-c3ccccc3)c2=O)c(F)c1. The number of nitrogens with zero attached hydrogens (tertiary/aromatic N) is 4. The van der Waals surface area contributed by atoms with Crippen LogP contribution in [0.4, 0.5) is 10.1 Å². The Bertz CT molecular complexity index is 933. The summed E-state index contributed by atoms with van der Waals surface area (Å²) in [5.41, 5.74) is 0.779. The highest BCUT2D eigenvalue weighted by Gasteiger charge is 2.13. The predicted molar refractivity (Wildman–Crippen MR) is 85.4 cm³/mol. The molecule has 0 bridgehead atoms. The average Bonchev–Trinajstić information content (AvgIpc) is 2.92. The first kappa shape index (κ1) is 15.6. The van der Waals surface area contributed by atoms with Gasteiger partial charge in [0, 0.05) is 0 Å². The number of para-hydroxylation sites is 1. The molecule has 0 aliphatic rings. The molecule has 8 heteroatoms. The largest absolute Gasteiger partial charge is 0.368 e. The lowest BCUT2D eigenvalue weighted by Gasteiger charge is -2.06. The molecule has 0 atom stereocenters. The van der Waals surface area contributed by atoms with Crippen molar-refractivity contribution in [3.05, 3.63) is 70.4 Å². The van der Waals surface area contributed by atoms with Crippen LogP contribution in [0.5, 0.6) is 0 Å². The summed E-state index contributed by atoms with van der Waals surface area (Å²) in [6.45, 7) is 1.38. The summed E-state index contributed by atoms with van der Waals surface area (Å²) in [4.78, 5) is 24.2. The fourth-order valence-electron chi connectivity index (χ4n) is 2.15. The van der Waals surface area contributed by atoms with Crippen molar-refractivity contribution in [1.29, 1.82) is 0 Å². The Hall–Kier alpha value is -3.29. The molecule has 0 saturated carbocycles. The topological polar surface area (TPSA) is 81.8 Å². The highest BCUT2D eigenvalue weighted by molar-refractivity contribution is 5.90. The standard InChI is InChI=1S/C16H14FN5O2/c1-11-7-8-14(13(17)9-11)18-15(23)10-21-16(24)22(20-19-21)12-5-3-2-4-6-12/h2-9H,10H2,1H3,(H,18,23). The molecule has 0 aliphatic heterocycles. The first-order valence-corrected chi connectivity index (χ1v) is 7.19. The van der Waals surface area contributed by atoms with Crippen LogP contribution in [0.2, 0.25) is 0 Å². The molecule has 24 heavy (non-hydrogen) atoms. The zero-order valence-corrected chi connectivity index (χ0v) is 12.8. The minimum Gasteiger partial charge on any atom is -0.322 e. The lowest BCUT2D eigenvalue weighted by Crippen LogP contribution is -2.29. The van der Waals surface area contributed by atoms with E-state index in [0.29, 0.717) is 5.69 Å². The van der Waals surface area contributed by atoms with Crippen molar-refractivity contribution in [2.75, 3.05) is 5.32 Å². The smallest absolute Gasteiger partial charge is 0.322 e. The van der Waals surface area contributed by atoms with Crippen LogP contribution in [0.3, 0.4) is 0 Å². The van der Waals surface area contributed by atoms with Gasteiger partial charge in [-0.25, -0.2) is 9.18 Å². The van der Waals surface area contributed by atoms with E-state index in [-0.39, 0.29) is 12.2 Å². The summed E-state index contributed by atoms with van der Waals surface area (Å²) in [6, 6.07) is 13.2. The summed E-state index contributed by atoms with van der Waals surface area (Å²) in [6.07, 6.45) is 0. The zero-order chi connectivity index (χ0) is 17.1. The molecule has 3 rings (SSSR count). The molecule has 3 aromatic rings. The number of halogens is 1. The van der Waals surface area contributed by atoms with Crippen molar-refractivity contribution in [2.45, 2.75) is 13.5 Å². The molecular weight excluding hydrogens is 313 g/mol. The Morgan fingerprint density at radius 3 is 2.62 bits per heavy atom. The van der Waals surface area contributed by atoms with E-state index in [9.17, 15) is 14.0 Å². The van der Waals surface area contributed by atoms with Gasteiger partial charge in [-0.15, -0.1) is 0 Å². The monoisotopic (exact) mass is 327 g/mol. The maximum atomic E-state index is 13.7. The molecule has 1 heterocycles. The Labute approximate surface area is 136 Å². The Morgan fingerprint density at radius 2 is 1.92 bits per heavy atom. The summed E-state index contributed by atoms with van der Waals surface area (Å²) >= 11 is 0. The number of nitrogens with one attached hydrogen (secondary N) is 1. The van der Waals surface area contributed by atoms with Gasteiger partial charge in [0.2, 0.25) is 5.91 Å². The van der Waals surface area contributed by atoms with Gasteiger partial charge in [-0.2, -0.15) is 9.36 Å². The summed E-state index contributed by atoms with van der Waals surface area (Å²) in [7, 11) is 0. The number of benzene rings is 2. The molecule has 0 spiro atoms. The number of hydrogen-bond acceptors (Lipinski definition) is 4. The third-order valence-electron chi connectivity index (χ3n) is 3.33. The number of hydrogen-bond donors (Lipinski definition) is 1. The Balaban J connectivity index is 1.76. The van der Waals surface area contributed by atoms with E-state index in [1.807, 2.05) is 6.07 Å². The number of rotatable bonds is 4. The maximum absolute atomic E-state index is 13.7. The third-order valence-corrected chi connectivity index (χ3v) is 3.33. The van der Waals surface area contributed by atoms with E-state index in [2.05, 4.69) is 15.7 Å². The van der Waals surface area contributed by atoms with Crippen molar-refractivity contribution >= 4 is 11.6 Å². The lowest BCUT2D eigenvalue weighted by atomic mass is 10.2. The van der Waals surface area contributed by atoms with Crippen molar-refractivity contribution in [3.8, 4) is 5.69 Å². The fraction of sp³-hybridized carbons (Fsp3) is 0.125. The molecule has 1 aromatic heterocycles. The Morgan fingerprint density at radius 1 is 1.17 bits per heavy atom. The number of carbonyl (C=O) groups excluding carboxylic acids is 1. The Kier molecular flexibility index (Phi) is 4.19. The van der Waals surface area contributed by atoms with Gasteiger partial charge in [-0.1, -0.05) is 24.3 Å². The molecule has 7 nitrogen and oxygen atoms in total. The number of amides is 1. The summed E-state index contributed by atoms with van der Waals surface area (Å²) in [5.74, 6) is -1.11. The molecule has 0 unspecified atom stereocenters. The molecule has 0 saturated heterocycles. The normalized spacial score (nSPS) is 10.6. The summed E-state index contributed by atoms with van der Waals surface area (Å²) < 4.78 is 15.7. The van der Waals surface area contributed by atoms with E-state index < -0.39 is 17.4 Å². The first-order chi connectivity index (χ1) is 11.5. The van der Waals surface area contributed by atoms with Crippen LogP contribution < -0.4 is 11.0 Å². The highest BCUT2D eigenvalue weighted by atomic mass is 19.1. The molecule has 0 radical (unpaired) electrons. The first-order valence-electron chi connectivity index (χ1n) is 7.19. The van der Waals surface area contributed by atoms with Crippen LogP contribution in [-0.2, 0) is 11.3 Å². The number of carbonyl (C=O) groups is 1. The zero-order valence-electron chi connectivity index (χ0n) is 12.8. The van der Waals surface area contributed by atoms with Gasteiger partial charge >= 0.3 is 5.69 Å². The highest BCUT2D eigenvalue weighted by Crippen LogP contribution is 2.15. The van der Waals surface area contributed by atoms with Crippen LogP contribution in [0.25, 0.3) is 5.69 Å². The van der Waals surface area contributed by atoms with E-state index in [4.69, 9.17) is 0 Å². The van der Waals surface area contributed by atoms with Crippen molar-refractivity contribution in [3.63, 3.8) is 0 Å². The number of anilines is 1. The van der Waals surface area contributed by atoms with E-state index in [0.717, 1.165) is 14.9 Å². The number of aromatic nitrogens is 4. The van der Waals surface area contributed by atoms with Gasteiger partial charge in [-0.05, 0) is 47.2 Å². The second kappa shape index (κ2) is 6.45. The number of tetrazole rings is 1. The van der Waals surface area contributed by atoms with Gasteiger partial charge in [0.15, 0.2) is 0 Å². The van der Waals surface area contributed by atoms with E-state index in [1.165, 1.54) is 12.1 Å². The van der Waals surface area contributed by atoms with Crippen molar-refractivity contribution in [2.24, 2.45) is 0 Å². The average molecular weight is 327 g/mol. The van der Waals surface area contributed by atoms with Gasteiger partial charge in [0.05, 0.1) is 11.4 Å². The second-order valence-electron chi connectivity index (χ2n) is 5.20. The second-order valence-corrected chi connectivity index (χ2v) is 5.20. The molecule has 1 N–H and O–H groups in total. The minimum absolute atomic E-state index is 0.0501. The molecule has 2 aromatic carbocycles. The lowest BCUT2D eigenvalue weighted by molar-refractivity contribution is -0.117. The molecule has 0 fully saturated rings. The van der Waals surface area contributed by atoms with Gasteiger partial charge in [-0.3, -0.25) is 4.79 Å². The maximum Gasteiger partial charge on any atom is 0.368 e. The van der Waals surface area contributed by atoms with Gasteiger partial charge < -0.3 is 5.32 Å². The van der Waals surface area contributed by atoms with Gasteiger partial charge in [0.25, 0.3) is 0 Å². The molecule has 1 amide bonds.